The number of halogens is 3. The number of alkyl halides is 3. The Morgan fingerprint density at radius 2 is 1.60 bits per heavy atom. The Labute approximate surface area is 199 Å². The number of nitrogens with one attached hydrogen (secondary N) is 1. The molecule has 0 fully saturated rings. The molecule has 4 rings (SSSR count). The van der Waals surface area contributed by atoms with Gasteiger partial charge in [0, 0.05) is 6.54 Å². The number of ether oxygens (including phenoxy) is 1. The first-order valence-electron chi connectivity index (χ1n) is 10.5. The summed E-state index contributed by atoms with van der Waals surface area (Å²) in [5.74, 6) is -0.797. The predicted molar refractivity (Wildman–Crippen MR) is 120 cm³/mol. The molecular formula is C24H21F3N2O5S. The van der Waals surface area contributed by atoms with E-state index < -0.39 is 34.8 Å². The number of hydrogen-bond acceptors (Lipinski definition) is 5. The molecule has 2 N–H and O–H groups in total. The van der Waals surface area contributed by atoms with Crippen LogP contribution in [0.15, 0.2) is 77.7 Å². The summed E-state index contributed by atoms with van der Waals surface area (Å²) < 4.78 is 69.5. The smallest absolute Gasteiger partial charge is 0.422 e. The summed E-state index contributed by atoms with van der Waals surface area (Å²) >= 11 is 0. The lowest BCUT2D eigenvalue weighted by atomic mass is 9.94. The van der Waals surface area contributed by atoms with Crippen molar-refractivity contribution in [1.29, 1.82) is 0 Å². The molecule has 184 valence electrons. The number of hydrogen-bond donors (Lipinski definition) is 2. The Bertz CT molecular complexity index is 1310. The standard InChI is InChI=1S/C24H21F3N2O5S/c25-24(26,27)15-34-19-9-5-16(6-10-19)17-7-11-20(12-8-17)35(32,33)29-14-13-18-3-1-2-4-21(18)22(29)23(30)28-31/h1-12,22,31H,13-15H2,(H,28,30)/t22-/m1/s1. The van der Waals surface area contributed by atoms with Gasteiger partial charge in [-0.25, -0.2) is 13.9 Å². The number of benzene rings is 3. The van der Waals surface area contributed by atoms with E-state index in [0.717, 1.165) is 9.87 Å². The minimum atomic E-state index is -4.44. The zero-order valence-electron chi connectivity index (χ0n) is 18.2. The first-order chi connectivity index (χ1) is 16.6. The molecule has 1 heterocycles. The summed E-state index contributed by atoms with van der Waals surface area (Å²) in [5.41, 5.74) is 4.18. The van der Waals surface area contributed by atoms with Crippen molar-refractivity contribution in [2.75, 3.05) is 13.2 Å². The molecule has 0 saturated carbocycles. The predicted octanol–water partition coefficient (Wildman–Crippen LogP) is 4.09. The first kappa shape index (κ1) is 24.7. The van der Waals surface area contributed by atoms with Gasteiger partial charge in [-0.05, 0) is 52.9 Å². The fourth-order valence-corrected chi connectivity index (χ4v) is 5.57. The highest BCUT2D eigenvalue weighted by Crippen LogP contribution is 2.35. The van der Waals surface area contributed by atoms with Crippen LogP contribution in [0.2, 0.25) is 0 Å². The summed E-state index contributed by atoms with van der Waals surface area (Å²) in [4.78, 5) is 12.4. The minimum absolute atomic E-state index is 0.0403. The first-order valence-corrected chi connectivity index (χ1v) is 12.0. The second-order valence-electron chi connectivity index (χ2n) is 7.90. The van der Waals surface area contributed by atoms with Gasteiger partial charge in [0.05, 0.1) is 4.90 Å². The highest BCUT2D eigenvalue weighted by atomic mass is 32.2. The third-order valence-electron chi connectivity index (χ3n) is 5.65. The second-order valence-corrected chi connectivity index (χ2v) is 9.79. The Morgan fingerprint density at radius 3 is 2.20 bits per heavy atom. The molecule has 11 heteroatoms. The molecule has 1 aliphatic rings. The molecule has 0 aliphatic carbocycles. The maximum atomic E-state index is 13.4. The van der Waals surface area contributed by atoms with Crippen LogP contribution in [0.25, 0.3) is 11.1 Å². The lowest BCUT2D eigenvalue weighted by Gasteiger charge is -2.34. The van der Waals surface area contributed by atoms with E-state index in [-0.39, 0.29) is 17.2 Å². The number of amides is 1. The van der Waals surface area contributed by atoms with Crippen molar-refractivity contribution in [3.8, 4) is 16.9 Å². The van der Waals surface area contributed by atoms with Gasteiger partial charge in [0.2, 0.25) is 10.0 Å². The van der Waals surface area contributed by atoms with Crippen LogP contribution >= 0.6 is 0 Å². The number of carbonyl (C=O) groups is 1. The molecule has 0 bridgehead atoms. The summed E-state index contributed by atoms with van der Waals surface area (Å²) in [6, 6.07) is 17.6. The fraction of sp³-hybridized carbons (Fsp3) is 0.208. The highest BCUT2D eigenvalue weighted by Gasteiger charge is 2.40. The van der Waals surface area contributed by atoms with Crippen LogP contribution in [0.5, 0.6) is 5.75 Å². The average Bonchev–Trinajstić information content (AvgIpc) is 2.86. The van der Waals surface area contributed by atoms with Crippen molar-refractivity contribution in [3.05, 3.63) is 83.9 Å². The maximum absolute atomic E-state index is 13.4. The van der Waals surface area contributed by atoms with Gasteiger partial charge < -0.3 is 4.74 Å². The SMILES string of the molecule is O=C(NO)[C@H]1c2ccccc2CCN1S(=O)(=O)c1ccc(-c2ccc(OCC(F)(F)F)cc2)cc1. The van der Waals surface area contributed by atoms with E-state index in [2.05, 4.69) is 0 Å². The van der Waals surface area contributed by atoms with Crippen LogP contribution < -0.4 is 10.2 Å². The molecule has 0 saturated heterocycles. The summed E-state index contributed by atoms with van der Waals surface area (Å²) in [5, 5.41) is 9.24. The topological polar surface area (TPSA) is 95.9 Å². The van der Waals surface area contributed by atoms with Crippen LogP contribution in [0.1, 0.15) is 17.2 Å². The van der Waals surface area contributed by atoms with E-state index in [9.17, 15) is 31.6 Å². The monoisotopic (exact) mass is 506 g/mol. The van der Waals surface area contributed by atoms with E-state index >= 15 is 0 Å². The van der Waals surface area contributed by atoms with E-state index in [1.807, 2.05) is 6.07 Å². The Kier molecular flexibility index (Phi) is 6.84. The third-order valence-corrected chi connectivity index (χ3v) is 7.53. The minimum Gasteiger partial charge on any atom is -0.484 e. The molecule has 1 atom stereocenters. The van der Waals surface area contributed by atoms with E-state index in [0.29, 0.717) is 23.1 Å². The number of fused-ring (bicyclic) bond motifs is 1. The Balaban J connectivity index is 1.57. The van der Waals surface area contributed by atoms with Gasteiger partial charge >= 0.3 is 6.18 Å². The zero-order chi connectivity index (χ0) is 25.2. The molecule has 0 unspecified atom stereocenters. The van der Waals surface area contributed by atoms with Crippen molar-refractivity contribution in [2.45, 2.75) is 23.5 Å². The molecule has 0 aromatic heterocycles. The number of rotatable bonds is 6. The largest absolute Gasteiger partial charge is 0.484 e. The summed E-state index contributed by atoms with van der Waals surface area (Å²) in [7, 11) is -4.10. The quantitative estimate of drug-likeness (QED) is 0.388. The number of sulfonamides is 1. The van der Waals surface area contributed by atoms with Gasteiger partial charge in [0.25, 0.3) is 5.91 Å². The third kappa shape index (κ3) is 5.31. The van der Waals surface area contributed by atoms with Crippen LogP contribution in [-0.2, 0) is 21.2 Å². The molecule has 3 aromatic carbocycles. The lowest BCUT2D eigenvalue weighted by molar-refractivity contribution is -0.153. The Morgan fingerprint density at radius 1 is 1.00 bits per heavy atom. The van der Waals surface area contributed by atoms with Crippen molar-refractivity contribution < 1.29 is 36.3 Å². The van der Waals surface area contributed by atoms with Crippen molar-refractivity contribution in [2.24, 2.45) is 0 Å². The molecule has 1 amide bonds. The fourth-order valence-electron chi connectivity index (χ4n) is 4.00. The zero-order valence-corrected chi connectivity index (χ0v) is 19.0. The molecule has 35 heavy (non-hydrogen) atoms. The van der Waals surface area contributed by atoms with Gasteiger partial charge in [-0.1, -0.05) is 48.5 Å². The molecular weight excluding hydrogens is 485 g/mol. The maximum Gasteiger partial charge on any atom is 0.422 e. The highest BCUT2D eigenvalue weighted by molar-refractivity contribution is 7.89. The normalized spacial score (nSPS) is 16.4. The van der Waals surface area contributed by atoms with Crippen LogP contribution in [0.4, 0.5) is 13.2 Å². The van der Waals surface area contributed by atoms with Gasteiger partial charge in [-0.15, -0.1) is 0 Å². The van der Waals surface area contributed by atoms with Gasteiger partial charge in [-0.2, -0.15) is 17.5 Å². The number of hydroxylamine groups is 1. The lowest BCUT2D eigenvalue weighted by Crippen LogP contribution is -2.46. The summed E-state index contributed by atoms with van der Waals surface area (Å²) in [6.07, 6.45) is -4.03. The van der Waals surface area contributed by atoms with E-state index in [1.54, 1.807) is 47.9 Å². The molecule has 7 nitrogen and oxygen atoms in total. The Hall–Kier alpha value is -3.41. The van der Waals surface area contributed by atoms with Crippen molar-refractivity contribution in [3.63, 3.8) is 0 Å². The molecule has 1 aliphatic heterocycles. The average molecular weight is 507 g/mol. The van der Waals surface area contributed by atoms with E-state index in [4.69, 9.17) is 4.74 Å². The van der Waals surface area contributed by atoms with Gasteiger partial charge in [0.15, 0.2) is 6.61 Å². The molecule has 3 aromatic rings. The second kappa shape index (κ2) is 9.68. The van der Waals surface area contributed by atoms with Crippen LogP contribution in [0.3, 0.4) is 0 Å². The van der Waals surface area contributed by atoms with Gasteiger partial charge in [-0.3, -0.25) is 10.0 Å². The van der Waals surface area contributed by atoms with Gasteiger partial charge in [0.1, 0.15) is 11.8 Å². The van der Waals surface area contributed by atoms with Crippen molar-refractivity contribution in [1.82, 2.24) is 9.79 Å². The van der Waals surface area contributed by atoms with Crippen LogP contribution in [0, 0.1) is 0 Å². The number of nitrogens with zero attached hydrogens (tertiary/aromatic N) is 1. The van der Waals surface area contributed by atoms with Crippen LogP contribution in [-0.4, -0.2) is 43.2 Å². The molecule has 0 radical (unpaired) electrons. The molecule has 0 spiro atoms. The number of carbonyl (C=O) groups excluding carboxylic acids is 1. The van der Waals surface area contributed by atoms with Crippen molar-refractivity contribution >= 4 is 15.9 Å². The van der Waals surface area contributed by atoms with E-state index in [1.165, 1.54) is 24.3 Å². The summed E-state index contributed by atoms with van der Waals surface area (Å²) in [6.45, 7) is -1.34.